The van der Waals surface area contributed by atoms with Crippen molar-refractivity contribution in [3.63, 3.8) is 0 Å². The summed E-state index contributed by atoms with van der Waals surface area (Å²) in [4.78, 5) is 28.3. The molecule has 18 heavy (non-hydrogen) atoms. The lowest BCUT2D eigenvalue weighted by atomic mass is 9.89. The van der Waals surface area contributed by atoms with Gasteiger partial charge in [0, 0.05) is 12.0 Å². The predicted octanol–water partition coefficient (Wildman–Crippen LogP) is 1.43. The fraction of sp³-hybridized carbons (Fsp3) is 0.429. The number of carbonyl (C=O) groups excluding carboxylic acids is 2. The van der Waals surface area contributed by atoms with Crippen LogP contribution in [0, 0.1) is 12.8 Å². The smallest absolute Gasteiger partial charge is 0.229 e. The Morgan fingerprint density at radius 1 is 1.28 bits per heavy atom. The van der Waals surface area contributed by atoms with Crippen molar-refractivity contribution >= 4 is 17.4 Å². The lowest BCUT2D eigenvalue weighted by Gasteiger charge is -2.37. The zero-order chi connectivity index (χ0) is 13.0. The fourth-order valence-electron chi connectivity index (χ4n) is 3.06. The Labute approximate surface area is 106 Å². The van der Waals surface area contributed by atoms with Gasteiger partial charge in [0.15, 0.2) is 5.78 Å². The van der Waals surface area contributed by atoms with Crippen molar-refractivity contribution in [2.45, 2.75) is 19.5 Å². The molecule has 0 spiro atoms. The van der Waals surface area contributed by atoms with E-state index in [4.69, 9.17) is 0 Å². The predicted molar refractivity (Wildman–Crippen MR) is 68.6 cm³/mol. The molecule has 1 amide bonds. The van der Waals surface area contributed by atoms with Gasteiger partial charge < -0.3 is 0 Å². The summed E-state index contributed by atoms with van der Waals surface area (Å²) in [7, 11) is 3.83. The highest BCUT2D eigenvalue weighted by molar-refractivity contribution is 6.15. The summed E-state index contributed by atoms with van der Waals surface area (Å²) in [6.07, 6.45) is 0.203. The van der Waals surface area contributed by atoms with Crippen molar-refractivity contribution in [1.82, 2.24) is 4.90 Å². The average Bonchev–Trinajstić information content (AvgIpc) is 2.61. The number of carbonyl (C=O) groups is 2. The van der Waals surface area contributed by atoms with Gasteiger partial charge in [-0.2, -0.15) is 0 Å². The molecule has 3 rings (SSSR count). The maximum atomic E-state index is 12.4. The van der Waals surface area contributed by atoms with Gasteiger partial charge in [-0.15, -0.1) is 0 Å². The quantitative estimate of drug-likeness (QED) is 0.750. The van der Waals surface area contributed by atoms with Crippen molar-refractivity contribution in [2.75, 3.05) is 19.0 Å². The Kier molecular flexibility index (Phi) is 2.32. The molecule has 0 saturated carbocycles. The summed E-state index contributed by atoms with van der Waals surface area (Å²) >= 11 is 0. The largest absolute Gasteiger partial charge is 0.295 e. The highest BCUT2D eigenvalue weighted by Crippen LogP contribution is 2.42. The maximum absolute atomic E-state index is 12.4. The van der Waals surface area contributed by atoms with Crippen LogP contribution in [0.2, 0.25) is 0 Å². The number of Topliss-reactive ketones (excluding diaryl/α,β-unsaturated/α-hetero) is 1. The molecular weight excluding hydrogens is 228 g/mol. The van der Waals surface area contributed by atoms with Crippen LogP contribution in [0.25, 0.3) is 0 Å². The van der Waals surface area contributed by atoms with Crippen molar-refractivity contribution in [3.05, 3.63) is 29.3 Å². The minimum atomic E-state index is -0.220. The van der Waals surface area contributed by atoms with Crippen LogP contribution in [-0.2, 0) is 4.79 Å². The molecule has 2 atom stereocenters. The van der Waals surface area contributed by atoms with Crippen molar-refractivity contribution < 1.29 is 9.59 Å². The number of rotatable bonds is 1. The number of amides is 1. The van der Waals surface area contributed by atoms with Crippen LogP contribution < -0.4 is 4.90 Å². The molecule has 2 heterocycles. The third-order valence-electron chi connectivity index (χ3n) is 3.83. The van der Waals surface area contributed by atoms with Crippen LogP contribution in [0.1, 0.15) is 22.3 Å². The third-order valence-corrected chi connectivity index (χ3v) is 3.83. The molecule has 0 radical (unpaired) electrons. The lowest BCUT2D eigenvalue weighted by molar-refractivity contribution is -0.117. The van der Waals surface area contributed by atoms with E-state index in [2.05, 4.69) is 0 Å². The normalized spacial score (nSPS) is 25.9. The molecule has 1 saturated heterocycles. The van der Waals surface area contributed by atoms with E-state index in [0.29, 0.717) is 12.0 Å². The molecular formula is C14H16N2O2. The van der Waals surface area contributed by atoms with Crippen LogP contribution in [0.5, 0.6) is 0 Å². The van der Waals surface area contributed by atoms with Gasteiger partial charge in [0.2, 0.25) is 5.91 Å². The molecule has 1 aromatic rings. The first-order valence-electron chi connectivity index (χ1n) is 6.14. The van der Waals surface area contributed by atoms with E-state index in [1.54, 1.807) is 4.90 Å². The highest BCUT2D eigenvalue weighted by atomic mass is 16.2. The molecule has 1 fully saturated rings. The second-order valence-corrected chi connectivity index (χ2v) is 5.34. The molecule has 4 nitrogen and oxygen atoms in total. The fourth-order valence-corrected chi connectivity index (χ4v) is 3.06. The Balaban J connectivity index is 2.22. The van der Waals surface area contributed by atoms with Gasteiger partial charge in [0.05, 0.1) is 17.8 Å². The van der Waals surface area contributed by atoms with Crippen molar-refractivity contribution in [3.8, 4) is 0 Å². The minimum absolute atomic E-state index is 0.0522. The number of ketones is 1. The Morgan fingerprint density at radius 3 is 2.67 bits per heavy atom. The minimum Gasteiger partial charge on any atom is -0.295 e. The van der Waals surface area contributed by atoms with Gasteiger partial charge in [-0.05, 0) is 38.7 Å². The van der Waals surface area contributed by atoms with Gasteiger partial charge in [0.25, 0.3) is 0 Å². The Bertz CT molecular complexity index is 551. The van der Waals surface area contributed by atoms with Crippen LogP contribution in [0.15, 0.2) is 18.2 Å². The van der Waals surface area contributed by atoms with Crippen molar-refractivity contribution in [1.29, 1.82) is 0 Å². The van der Waals surface area contributed by atoms with Gasteiger partial charge in [0.1, 0.15) is 0 Å². The molecule has 0 N–H and O–H groups in total. The van der Waals surface area contributed by atoms with Crippen LogP contribution >= 0.6 is 0 Å². The second-order valence-electron chi connectivity index (χ2n) is 5.34. The molecule has 2 aliphatic rings. The summed E-state index contributed by atoms with van der Waals surface area (Å²) in [5.41, 5.74) is 2.53. The lowest BCUT2D eigenvalue weighted by Crippen LogP contribution is -2.50. The summed E-state index contributed by atoms with van der Waals surface area (Å²) < 4.78 is 0. The standard InChI is InChI=1S/C14H16N2O2/c1-8-4-5-9-11(6-8)16-12(17)7-10(13(9)18)14(16)15(2)3/h4-6,10,14H,7H2,1-3H3. The topological polar surface area (TPSA) is 40.6 Å². The molecule has 2 aliphatic heterocycles. The van der Waals surface area contributed by atoms with Gasteiger partial charge in [-0.25, -0.2) is 0 Å². The molecule has 0 aliphatic carbocycles. The number of nitrogens with zero attached hydrogens (tertiary/aromatic N) is 2. The van der Waals surface area contributed by atoms with E-state index < -0.39 is 0 Å². The summed E-state index contributed by atoms with van der Waals surface area (Å²) in [5.74, 6) is -0.0649. The molecule has 94 valence electrons. The average molecular weight is 244 g/mol. The summed E-state index contributed by atoms with van der Waals surface area (Å²) in [5, 5.41) is 0. The highest BCUT2D eigenvalue weighted by Gasteiger charge is 2.50. The second kappa shape index (κ2) is 3.65. The Hall–Kier alpha value is -1.68. The molecule has 1 aromatic carbocycles. The molecule has 2 bridgehead atoms. The summed E-state index contributed by atoms with van der Waals surface area (Å²) in [6.45, 7) is 1.97. The third kappa shape index (κ3) is 1.35. The maximum Gasteiger partial charge on any atom is 0.229 e. The van der Waals surface area contributed by atoms with Crippen LogP contribution in [-0.4, -0.2) is 36.9 Å². The molecule has 0 aromatic heterocycles. The Morgan fingerprint density at radius 2 is 2.00 bits per heavy atom. The van der Waals surface area contributed by atoms with E-state index in [1.807, 2.05) is 44.1 Å². The number of hydrogen-bond acceptors (Lipinski definition) is 3. The monoisotopic (exact) mass is 244 g/mol. The van der Waals surface area contributed by atoms with Gasteiger partial charge in [-0.3, -0.25) is 19.4 Å². The summed E-state index contributed by atoms with van der Waals surface area (Å²) in [6, 6.07) is 5.71. The van der Waals surface area contributed by atoms with E-state index >= 15 is 0 Å². The van der Waals surface area contributed by atoms with Crippen molar-refractivity contribution in [2.24, 2.45) is 5.92 Å². The number of benzene rings is 1. The number of fused-ring (bicyclic) bond motifs is 4. The van der Waals surface area contributed by atoms with Gasteiger partial charge >= 0.3 is 0 Å². The van der Waals surface area contributed by atoms with Crippen LogP contribution in [0.3, 0.4) is 0 Å². The molecule has 2 unspecified atom stereocenters. The van der Waals surface area contributed by atoms with Gasteiger partial charge in [-0.1, -0.05) is 6.07 Å². The SMILES string of the molecule is Cc1ccc2c(c1)N1C(=O)CC(C2=O)C1N(C)C. The number of anilines is 1. The molecule has 4 heteroatoms. The van der Waals surface area contributed by atoms with E-state index in [0.717, 1.165) is 11.3 Å². The number of hydrogen-bond donors (Lipinski definition) is 0. The van der Waals surface area contributed by atoms with E-state index in [9.17, 15) is 9.59 Å². The number of aryl methyl sites for hydroxylation is 1. The van der Waals surface area contributed by atoms with E-state index in [-0.39, 0.29) is 23.8 Å². The zero-order valence-corrected chi connectivity index (χ0v) is 10.8. The zero-order valence-electron chi connectivity index (χ0n) is 10.8. The van der Waals surface area contributed by atoms with E-state index in [1.165, 1.54) is 0 Å². The van der Waals surface area contributed by atoms with Crippen LogP contribution in [0.4, 0.5) is 5.69 Å². The first-order valence-corrected chi connectivity index (χ1v) is 6.14. The first kappa shape index (κ1) is 11.4. The first-order chi connectivity index (χ1) is 8.50.